The SMILES string of the molecule is CCNC(=NCC(C)(O)c1ccco1)NCCOc1ccc(F)cc1F.I. The van der Waals surface area contributed by atoms with Crippen molar-refractivity contribution >= 4 is 29.9 Å². The first-order chi connectivity index (χ1) is 12.4. The summed E-state index contributed by atoms with van der Waals surface area (Å²) in [5.74, 6) is -0.524. The summed E-state index contributed by atoms with van der Waals surface area (Å²) in [5, 5.41) is 16.5. The van der Waals surface area contributed by atoms with Crippen LogP contribution >= 0.6 is 24.0 Å². The molecule has 1 unspecified atom stereocenters. The van der Waals surface area contributed by atoms with Gasteiger partial charge in [-0.25, -0.2) is 13.8 Å². The van der Waals surface area contributed by atoms with E-state index in [1.54, 1.807) is 19.1 Å². The Morgan fingerprint density at radius 1 is 1.30 bits per heavy atom. The van der Waals surface area contributed by atoms with Gasteiger partial charge in [0.05, 0.1) is 19.4 Å². The summed E-state index contributed by atoms with van der Waals surface area (Å²) in [5.41, 5.74) is -1.24. The Morgan fingerprint density at radius 2 is 2.07 bits per heavy atom. The maximum absolute atomic E-state index is 13.5. The summed E-state index contributed by atoms with van der Waals surface area (Å²) in [4.78, 5) is 4.32. The molecule has 1 aromatic carbocycles. The average Bonchev–Trinajstić information content (AvgIpc) is 3.13. The number of halogens is 3. The third-order valence-corrected chi connectivity index (χ3v) is 3.49. The number of guanidine groups is 1. The molecule has 0 amide bonds. The molecule has 2 rings (SSSR count). The third kappa shape index (κ3) is 7.33. The molecule has 150 valence electrons. The fourth-order valence-electron chi connectivity index (χ4n) is 2.16. The van der Waals surface area contributed by atoms with Crippen LogP contribution in [-0.4, -0.2) is 37.3 Å². The van der Waals surface area contributed by atoms with Gasteiger partial charge in [0.25, 0.3) is 0 Å². The quantitative estimate of drug-likeness (QED) is 0.227. The molecule has 9 heteroatoms. The van der Waals surface area contributed by atoms with Crippen LogP contribution in [0.3, 0.4) is 0 Å². The Labute approximate surface area is 174 Å². The van der Waals surface area contributed by atoms with E-state index in [0.29, 0.717) is 24.8 Å². The van der Waals surface area contributed by atoms with Crippen molar-refractivity contribution in [3.8, 4) is 5.75 Å². The maximum Gasteiger partial charge on any atom is 0.191 e. The predicted molar refractivity (Wildman–Crippen MR) is 110 cm³/mol. The first-order valence-electron chi connectivity index (χ1n) is 8.29. The molecule has 0 bridgehead atoms. The molecule has 0 spiro atoms. The van der Waals surface area contributed by atoms with Gasteiger partial charge in [0.2, 0.25) is 0 Å². The summed E-state index contributed by atoms with van der Waals surface area (Å²) in [6.45, 7) is 4.73. The van der Waals surface area contributed by atoms with E-state index in [2.05, 4.69) is 15.6 Å². The second-order valence-corrected chi connectivity index (χ2v) is 5.80. The molecule has 2 aromatic rings. The van der Waals surface area contributed by atoms with Crippen LogP contribution in [0.1, 0.15) is 19.6 Å². The Hall–Kier alpha value is -1.88. The zero-order valence-corrected chi connectivity index (χ0v) is 17.5. The van der Waals surface area contributed by atoms with Crippen molar-refractivity contribution < 1.29 is 23.0 Å². The van der Waals surface area contributed by atoms with E-state index in [0.717, 1.165) is 12.1 Å². The lowest BCUT2D eigenvalue weighted by molar-refractivity contribution is 0.0437. The summed E-state index contributed by atoms with van der Waals surface area (Å²) in [6.07, 6.45) is 1.49. The predicted octanol–water partition coefficient (Wildman–Crippen LogP) is 3.02. The van der Waals surface area contributed by atoms with Crippen LogP contribution in [0.15, 0.2) is 46.0 Å². The lowest BCUT2D eigenvalue weighted by Gasteiger charge is -2.19. The summed E-state index contributed by atoms with van der Waals surface area (Å²) in [6, 6.07) is 6.52. The van der Waals surface area contributed by atoms with Crippen molar-refractivity contribution in [1.82, 2.24) is 10.6 Å². The Kier molecular flexibility index (Phi) is 9.50. The third-order valence-electron chi connectivity index (χ3n) is 3.49. The largest absolute Gasteiger partial charge is 0.489 e. The van der Waals surface area contributed by atoms with Crippen LogP contribution in [0.5, 0.6) is 5.75 Å². The van der Waals surface area contributed by atoms with E-state index in [1.807, 2.05) is 6.92 Å². The Bertz CT molecular complexity index is 725. The number of nitrogens with one attached hydrogen (secondary N) is 2. The number of rotatable bonds is 8. The standard InChI is InChI=1S/C18H23F2N3O3.HI/c1-3-21-17(23-12-18(2,24)16-5-4-9-26-16)22-8-10-25-15-7-6-13(19)11-14(15)20;/h4-7,9,11,24H,3,8,10,12H2,1-2H3,(H2,21,22,23);1H. The molecule has 0 aliphatic rings. The number of furan rings is 1. The number of benzene rings is 1. The van der Waals surface area contributed by atoms with Crippen LogP contribution in [-0.2, 0) is 5.60 Å². The van der Waals surface area contributed by atoms with Gasteiger partial charge >= 0.3 is 0 Å². The highest BCUT2D eigenvalue weighted by atomic mass is 127. The second kappa shape index (κ2) is 11.1. The molecule has 0 radical (unpaired) electrons. The molecular weight excluding hydrogens is 471 g/mol. The van der Waals surface area contributed by atoms with Gasteiger partial charge in [-0.2, -0.15) is 0 Å². The molecule has 6 nitrogen and oxygen atoms in total. The van der Waals surface area contributed by atoms with Crippen LogP contribution in [0.25, 0.3) is 0 Å². The van der Waals surface area contributed by atoms with Gasteiger partial charge in [0.15, 0.2) is 17.5 Å². The molecule has 0 saturated heterocycles. The molecule has 0 fully saturated rings. The van der Waals surface area contributed by atoms with Gasteiger partial charge in [-0.3, -0.25) is 0 Å². The molecule has 1 atom stereocenters. The molecular formula is C18H24F2IN3O3. The zero-order chi connectivity index (χ0) is 19.0. The fourth-order valence-corrected chi connectivity index (χ4v) is 2.16. The van der Waals surface area contributed by atoms with Gasteiger partial charge in [-0.1, -0.05) is 0 Å². The summed E-state index contributed by atoms with van der Waals surface area (Å²) in [7, 11) is 0. The van der Waals surface area contributed by atoms with Gasteiger partial charge in [0.1, 0.15) is 23.8 Å². The fraction of sp³-hybridized carbons (Fsp3) is 0.389. The smallest absolute Gasteiger partial charge is 0.191 e. The minimum atomic E-state index is -1.24. The highest BCUT2D eigenvalue weighted by molar-refractivity contribution is 14.0. The lowest BCUT2D eigenvalue weighted by Crippen LogP contribution is -2.40. The topological polar surface area (TPSA) is 79.0 Å². The Morgan fingerprint density at radius 3 is 2.70 bits per heavy atom. The number of ether oxygens (including phenoxy) is 1. The van der Waals surface area contributed by atoms with Crippen molar-refractivity contribution in [2.75, 3.05) is 26.2 Å². The average molecular weight is 495 g/mol. The van der Waals surface area contributed by atoms with Gasteiger partial charge in [-0.05, 0) is 38.1 Å². The van der Waals surface area contributed by atoms with Crippen molar-refractivity contribution in [2.45, 2.75) is 19.4 Å². The Balaban J connectivity index is 0.00000364. The zero-order valence-electron chi connectivity index (χ0n) is 15.2. The number of aliphatic imine (C=N–C) groups is 1. The van der Waals surface area contributed by atoms with Crippen molar-refractivity contribution in [1.29, 1.82) is 0 Å². The molecule has 0 aliphatic carbocycles. The molecule has 0 aliphatic heterocycles. The van der Waals surface area contributed by atoms with E-state index >= 15 is 0 Å². The van der Waals surface area contributed by atoms with E-state index in [9.17, 15) is 13.9 Å². The van der Waals surface area contributed by atoms with Gasteiger partial charge in [-0.15, -0.1) is 24.0 Å². The molecule has 0 saturated carbocycles. The van der Waals surface area contributed by atoms with E-state index in [4.69, 9.17) is 9.15 Å². The highest BCUT2D eigenvalue weighted by Gasteiger charge is 2.26. The summed E-state index contributed by atoms with van der Waals surface area (Å²) < 4.78 is 36.8. The molecule has 1 heterocycles. The van der Waals surface area contributed by atoms with Gasteiger partial charge < -0.3 is 24.9 Å². The van der Waals surface area contributed by atoms with E-state index in [-0.39, 0.29) is 42.9 Å². The van der Waals surface area contributed by atoms with Crippen LogP contribution in [0, 0.1) is 11.6 Å². The number of nitrogens with zero attached hydrogens (tertiary/aromatic N) is 1. The van der Waals surface area contributed by atoms with Crippen LogP contribution < -0.4 is 15.4 Å². The number of aliphatic hydroxyl groups is 1. The van der Waals surface area contributed by atoms with Crippen molar-refractivity contribution in [3.05, 3.63) is 54.0 Å². The highest BCUT2D eigenvalue weighted by Crippen LogP contribution is 2.21. The number of hydrogen-bond acceptors (Lipinski definition) is 4. The number of hydrogen-bond donors (Lipinski definition) is 3. The minimum Gasteiger partial charge on any atom is -0.489 e. The monoisotopic (exact) mass is 495 g/mol. The van der Waals surface area contributed by atoms with Crippen molar-refractivity contribution in [2.24, 2.45) is 4.99 Å². The lowest BCUT2D eigenvalue weighted by atomic mass is 10.0. The second-order valence-electron chi connectivity index (χ2n) is 5.80. The van der Waals surface area contributed by atoms with Crippen LogP contribution in [0.2, 0.25) is 0 Å². The van der Waals surface area contributed by atoms with E-state index in [1.165, 1.54) is 12.3 Å². The molecule has 1 aromatic heterocycles. The minimum absolute atomic E-state index is 0. The van der Waals surface area contributed by atoms with Gasteiger partial charge in [0, 0.05) is 12.6 Å². The normalized spacial score (nSPS) is 13.4. The van der Waals surface area contributed by atoms with Crippen LogP contribution in [0.4, 0.5) is 8.78 Å². The van der Waals surface area contributed by atoms with E-state index < -0.39 is 17.2 Å². The van der Waals surface area contributed by atoms with Crippen molar-refractivity contribution in [3.63, 3.8) is 0 Å². The summed E-state index contributed by atoms with van der Waals surface area (Å²) >= 11 is 0. The maximum atomic E-state index is 13.5. The molecule has 3 N–H and O–H groups in total. The first kappa shape index (κ1) is 23.2. The first-order valence-corrected chi connectivity index (χ1v) is 8.29. The molecule has 27 heavy (non-hydrogen) atoms.